The number of rotatable bonds is 6. The Hall–Kier alpha value is -2.67. The molecule has 0 aliphatic carbocycles. The Morgan fingerprint density at radius 1 is 1.23 bits per heavy atom. The summed E-state index contributed by atoms with van der Waals surface area (Å²) in [5.41, 5.74) is 3.80. The average molecular weight is 357 g/mol. The minimum atomic E-state index is -0.835. The van der Waals surface area contributed by atoms with Crippen molar-refractivity contribution < 1.29 is 19.4 Å². The normalized spacial score (nSPS) is 16.8. The van der Waals surface area contributed by atoms with Crippen LogP contribution < -0.4 is 9.47 Å². The summed E-state index contributed by atoms with van der Waals surface area (Å²) >= 11 is 0. The van der Waals surface area contributed by atoms with Crippen molar-refractivity contribution in [3.8, 4) is 11.5 Å². The van der Waals surface area contributed by atoms with E-state index in [2.05, 4.69) is 14.9 Å². The van der Waals surface area contributed by atoms with E-state index in [1.807, 2.05) is 19.1 Å². The molecule has 1 atom stereocenters. The van der Waals surface area contributed by atoms with Crippen LogP contribution in [0.4, 0.5) is 0 Å². The summed E-state index contributed by atoms with van der Waals surface area (Å²) < 4.78 is 10.8. The van der Waals surface area contributed by atoms with Crippen molar-refractivity contribution in [3.63, 3.8) is 0 Å². The van der Waals surface area contributed by atoms with Crippen LogP contribution in [0.3, 0.4) is 0 Å². The molecular weight excluding hydrogens is 334 g/mol. The van der Waals surface area contributed by atoms with Gasteiger partial charge in [-0.2, -0.15) is 0 Å². The number of hydrogen-bond acceptors (Lipinski definition) is 6. The first-order valence-electron chi connectivity index (χ1n) is 8.50. The van der Waals surface area contributed by atoms with E-state index >= 15 is 0 Å². The lowest BCUT2D eigenvalue weighted by Gasteiger charge is -2.37. The lowest BCUT2D eigenvalue weighted by Crippen LogP contribution is -2.36. The third kappa shape index (κ3) is 3.62. The van der Waals surface area contributed by atoms with Crippen LogP contribution in [0.2, 0.25) is 0 Å². The zero-order valence-corrected chi connectivity index (χ0v) is 15.2. The molecule has 0 spiro atoms. The molecule has 0 bridgehead atoms. The molecule has 1 unspecified atom stereocenters. The van der Waals surface area contributed by atoms with Crippen LogP contribution in [0, 0.1) is 6.92 Å². The van der Waals surface area contributed by atoms with Gasteiger partial charge in [0.25, 0.3) is 0 Å². The summed E-state index contributed by atoms with van der Waals surface area (Å²) in [5.74, 6) is 0.441. The van der Waals surface area contributed by atoms with E-state index in [4.69, 9.17) is 9.47 Å². The molecule has 26 heavy (non-hydrogen) atoms. The fourth-order valence-electron chi connectivity index (χ4n) is 3.46. The summed E-state index contributed by atoms with van der Waals surface area (Å²) in [4.78, 5) is 22.4. The summed E-state index contributed by atoms with van der Waals surface area (Å²) in [7, 11) is 3.19. The van der Waals surface area contributed by atoms with Gasteiger partial charge in [-0.1, -0.05) is 0 Å². The van der Waals surface area contributed by atoms with Crippen LogP contribution in [0.15, 0.2) is 24.5 Å². The summed E-state index contributed by atoms with van der Waals surface area (Å²) in [6, 6.07) is 3.60. The van der Waals surface area contributed by atoms with Gasteiger partial charge in [-0.05, 0) is 36.6 Å². The Bertz CT molecular complexity index is 809. The Morgan fingerprint density at radius 3 is 2.58 bits per heavy atom. The zero-order chi connectivity index (χ0) is 18.7. The highest BCUT2D eigenvalue weighted by atomic mass is 16.5. The predicted molar refractivity (Wildman–Crippen MR) is 95.4 cm³/mol. The number of methoxy groups -OCH3 is 2. The molecule has 1 aromatic heterocycles. The van der Waals surface area contributed by atoms with Crippen molar-refractivity contribution in [1.82, 2.24) is 14.9 Å². The third-order valence-corrected chi connectivity index (χ3v) is 4.82. The van der Waals surface area contributed by atoms with Crippen molar-refractivity contribution in [3.05, 3.63) is 47.0 Å². The second kappa shape index (κ2) is 7.70. The minimum absolute atomic E-state index is 0.0157. The van der Waals surface area contributed by atoms with E-state index in [9.17, 15) is 9.90 Å². The number of fused-ring (bicyclic) bond motifs is 1. The highest BCUT2D eigenvalue weighted by Gasteiger charge is 2.31. The number of benzene rings is 1. The van der Waals surface area contributed by atoms with Crippen LogP contribution in [0.5, 0.6) is 11.5 Å². The monoisotopic (exact) mass is 357 g/mol. The largest absolute Gasteiger partial charge is 0.493 e. The van der Waals surface area contributed by atoms with Crippen LogP contribution in [-0.2, 0) is 17.8 Å². The second-order valence-electron chi connectivity index (χ2n) is 6.33. The molecule has 7 heteroatoms. The summed E-state index contributed by atoms with van der Waals surface area (Å²) in [6.45, 7) is 3.22. The highest BCUT2D eigenvalue weighted by Crippen LogP contribution is 2.39. The van der Waals surface area contributed by atoms with E-state index in [0.29, 0.717) is 18.0 Å². The van der Waals surface area contributed by atoms with Crippen LogP contribution in [0.1, 0.15) is 35.0 Å². The number of aryl methyl sites for hydroxylation is 1. The van der Waals surface area contributed by atoms with Gasteiger partial charge in [0.1, 0.15) is 0 Å². The number of carboxylic acids is 1. The van der Waals surface area contributed by atoms with Crippen molar-refractivity contribution in [1.29, 1.82) is 0 Å². The Morgan fingerprint density at radius 2 is 1.92 bits per heavy atom. The van der Waals surface area contributed by atoms with Gasteiger partial charge in [-0.15, -0.1) is 0 Å². The maximum atomic E-state index is 11.5. The molecule has 0 fully saturated rings. The lowest BCUT2D eigenvalue weighted by molar-refractivity contribution is -0.138. The van der Waals surface area contributed by atoms with Crippen molar-refractivity contribution in [2.75, 3.05) is 20.8 Å². The molecule has 2 aromatic rings. The maximum Gasteiger partial charge on any atom is 0.305 e. The molecule has 0 radical (unpaired) electrons. The predicted octanol–water partition coefficient (Wildman–Crippen LogP) is 2.38. The van der Waals surface area contributed by atoms with E-state index in [1.54, 1.807) is 26.6 Å². The molecule has 3 rings (SSSR count). The molecule has 138 valence electrons. The van der Waals surface area contributed by atoms with Gasteiger partial charge in [-0.25, -0.2) is 0 Å². The Kier molecular flexibility index (Phi) is 5.37. The number of carbonyl (C=O) groups is 1. The SMILES string of the molecule is COc1cc2c(cc1OC)C(CC(=O)O)N(Cc1nccnc1C)CC2. The molecule has 1 aromatic carbocycles. The van der Waals surface area contributed by atoms with Crippen molar-refractivity contribution in [2.45, 2.75) is 32.4 Å². The smallest absolute Gasteiger partial charge is 0.305 e. The molecule has 0 saturated carbocycles. The molecule has 2 heterocycles. The zero-order valence-electron chi connectivity index (χ0n) is 15.2. The molecular formula is C19H23N3O4. The first-order chi connectivity index (χ1) is 12.5. The molecule has 0 saturated heterocycles. The van der Waals surface area contributed by atoms with Gasteiger partial charge in [0, 0.05) is 31.5 Å². The molecule has 7 nitrogen and oxygen atoms in total. The van der Waals surface area contributed by atoms with Gasteiger partial charge in [0.05, 0.1) is 32.0 Å². The standard InChI is InChI=1S/C19H23N3O4/c1-12-15(21-6-5-20-12)11-22-7-4-13-8-17(25-2)18(26-3)9-14(13)16(22)10-19(23)24/h5-6,8-9,16H,4,7,10-11H2,1-3H3,(H,23,24). The molecule has 0 amide bonds. The van der Waals surface area contributed by atoms with Gasteiger partial charge in [0.2, 0.25) is 0 Å². The number of nitrogens with zero attached hydrogens (tertiary/aromatic N) is 3. The van der Waals surface area contributed by atoms with Crippen LogP contribution in [0.25, 0.3) is 0 Å². The molecule has 1 N–H and O–H groups in total. The van der Waals surface area contributed by atoms with Crippen LogP contribution >= 0.6 is 0 Å². The van der Waals surface area contributed by atoms with E-state index in [-0.39, 0.29) is 12.5 Å². The number of aromatic nitrogens is 2. The number of aliphatic carboxylic acids is 1. The quantitative estimate of drug-likeness (QED) is 0.849. The van der Waals surface area contributed by atoms with Crippen molar-refractivity contribution in [2.24, 2.45) is 0 Å². The van der Waals surface area contributed by atoms with Crippen molar-refractivity contribution >= 4 is 5.97 Å². The Balaban J connectivity index is 1.98. The third-order valence-electron chi connectivity index (χ3n) is 4.82. The summed E-state index contributed by atoms with van der Waals surface area (Å²) in [5, 5.41) is 9.45. The Labute approximate surface area is 152 Å². The second-order valence-corrected chi connectivity index (χ2v) is 6.33. The van der Waals surface area contributed by atoms with E-state index < -0.39 is 5.97 Å². The van der Waals surface area contributed by atoms with Gasteiger partial charge >= 0.3 is 5.97 Å². The highest BCUT2D eigenvalue weighted by molar-refractivity contribution is 5.68. The first kappa shape index (κ1) is 18.1. The fourth-order valence-corrected chi connectivity index (χ4v) is 3.46. The molecule has 1 aliphatic rings. The van der Waals surface area contributed by atoms with Gasteiger partial charge in [0.15, 0.2) is 11.5 Å². The number of carboxylic acid groups (broad SMARTS) is 1. The fraction of sp³-hybridized carbons (Fsp3) is 0.421. The lowest BCUT2D eigenvalue weighted by atomic mass is 9.89. The minimum Gasteiger partial charge on any atom is -0.493 e. The van der Waals surface area contributed by atoms with Crippen LogP contribution in [-0.4, -0.2) is 46.7 Å². The number of ether oxygens (including phenoxy) is 2. The molecule has 1 aliphatic heterocycles. The van der Waals surface area contributed by atoms with E-state index in [0.717, 1.165) is 35.5 Å². The first-order valence-corrected chi connectivity index (χ1v) is 8.50. The average Bonchev–Trinajstić information content (AvgIpc) is 2.63. The summed E-state index contributed by atoms with van der Waals surface area (Å²) in [6.07, 6.45) is 4.16. The van der Waals surface area contributed by atoms with Gasteiger partial charge in [-0.3, -0.25) is 19.7 Å². The maximum absolute atomic E-state index is 11.5. The van der Waals surface area contributed by atoms with Gasteiger partial charge < -0.3 is 14.6 Å². The van der Waals surface area contributed by atoms with E-state index in [1.165, 1.54) is 0 Å². The number of hydrogen-bond donors (Lipinski definition) is 1. The topological polar surface area (TPSA) is 84.8 Å².